The largest absolute Gasteiger partial charge is 0.495 e. The number of nitrogens with zero attached hydrogens (tertiary/aromatic N) is 2. The number of nitrogens with one attached hydrogen (secondary N) is 1. The molecule has 1 aliphatic heterocycles. The number of benzene rings is 1. The van der Waals surface area contributed by atoms with Crippen molar-refractivity contribution in [1.82, 2.24) is 4.90 Å². The van der Waals surface area contributed by atoms with Crippen molar-refractivity contribution in [3.8, 4) is 5.75 Å². The molecule has 0 unspecified atom stereocenters. The Hall–Kier alpha value is -2.24. The van der Waals surface area contributed by atoms with Crippen molar-refractivity contribution in [2.75, 3.05) is 43.5 Å². The lowest BCUT2D eigenvalue weighted by molar-refractivity contribution is -0.118. The van der Waals surface area contributed by atoms with Crippen LogP contribution in [0.5, 0.6) is 5.75 Å². The normalized spacial score (nSPS) is 14.8. The first-order valence-corrected chi connectivity index (χ1v) is 7.10. The minimum Gasteiger partial charge on any atom is -0.495 e. The molecule has 1 fully saturated rings. The molecule has 1 aromatic carbocycles. The summed E-state index contributed by atoms with van der Waals surface area (Å²) in [5.41, 5.74) is 1.70. The van der Waals surface area contributed by atoms with Crippen LogP contribution in [0.15, 0.2) is 18.2 Å². The molecule has 1 N–H and O–H groups in total. The molecule has 1 aliphatic rings. The van der Waals surface area contributed by atoms with Gasteiger partial charge in [0.05, 0.1) is 12.8 Å². The second-order valence-electron chi connectivity index (χ2n) is 4.91. The van der Waals surface area contributed by atoms with E-state index in [1.165, 1.54) is 0 Å². The molecule has 114 valence electrons. The van der Waals surface area contributed by atoms with Crippen LogP contribution in [0.2, 0.25) is 0 Å². The number of rotatable bonds is 5. The molecule has 1 saturated heterocycles. The van der Waals surface area contributed by atoms with Crippen LogP contribution in [0.4, 0.5) is 11.4 Å². The minimum absolute atomic E-state index is 0.0452. The Morgan fingerprint density at radius 2 is 2.05 bits per heavy atom. The lowest BCUT2D eigenvalue weighted by Gasteiger charge is -2.34. The van der Waals surface area contributed by atoms with E-state index in [2.05, 4.69) is 10.2 Å². The third kappa shape index (κ3) is 3.65. The second-order valence-corrected chi connectivity index (χ2v) is 4.91. The summed E-state index contributed by atoms with van der Waals surface area (Å²) in [7, 11) is 1.58. The Morgan fingerprint density at radius 1 is 1.33 bits per heavy atom. The third-order valence-corrected chi connectivity index (χ3v) is 3.61. The Labute approximate surface area is 124 Å². The van der Waals surface area contributed by atoms with Crippen molar-refractivity contribution >= 4 is 23.7 Å². The van der Waals surface area contributed by atoms with E-state index >= 15 is 0 Å². The van der Waals surface area contributed by atoms with Gasteiger partial charge in [-0.25, -0.2) is 0 Å². The zero-order chi connectivity index (χ0) is 15.2. The summed E-state index contributed by atoms with van der Waals surface area (Å²) < 4.78 is 5.28. The van der Waals surface area contributed by atoms with Gasteiger partial charge >= 0.3 is 0 Å². The quantitative estimate of drug-likeness (QED) is 0.831. The molecule has 0 spiro atoms. The lowest BCUT2D eigenvalue weighted by atomic mass is 10.2. The van der Waals surface area contributed by atoms with Crippen molar-refractivity contribution in [2.24, 2.45) is 0 Å². The molecular formula is C15H21N3O3. The standard InChI is InChI=1S/C15H21N3O3/c1-3-15(20)16-13-10-12(4-5-14(13)21-2)18-8-6-17(11-19)7-9-18/h4-5,10-11H,3,6-9H2,1-2H3,(H,16,20). The molecule has 0 radical (unpaired) electrons. The van der Waals surface area contributed by atoms with Crippen molar-refractivity contribution in [1.29, 1.82) is 0 Å². The summed E-state index contributed by atoms with van der Waals surface area (Å²) in [5, 5.41) is 2.85. The van der Waals surface area contributed by atoms with E-state index in [0.717, 1.165) is 25.2 Å². The van der Waals surface area contributed by atoms with Gasteiger partial charge < -0.3 is 19.9 Å². The molecule has 2 amide bonds. The monoisotopic (exact) mass is 291 g/mol. The van der Waals surface area contributed by atoms with Crippen LogP contribution >= 0.6 is 0 Å². The van der Waals surface area contributed by atoms with Crippen LogP contribution < -0.4 is 15.0 Å². The summed E-state index contributed by atoms with van der Waals surface area (Å²) in [6, 6.07) is 5.74. The number of hydrogen-bond acceptors (Lipinski definition) is 4. The van der Waals surface area contributed by atoms with Gasteiger partial charge in [-0.3, -0.25) is 9.59 Å². The molecule has 1 aromatic rings. The number of ether oxygens (including phenoxy) is 1. The van der Waals surface area contributed by atoms with Gasteiger partial charge in [-0.1, -0.05) is 6.92 Å². The molecule has 21 heavy (non-hydrogen) atoms. The van der Waals surface area contributed by atoms with Crippen LogP contribution in [0.1, 0.15) is 13.3 Å². The van der Waals surface area contributed by atoms with Crippen LogP contribution in [-0.4, -0.2) is 50.5 Å². The van der Waals surface area contributed by atoms with Gasteiger partial charge in [-0.2, -0.15) is 0 Å². The number of amides is 2. The molecule has 0 aromatic heterocycles. The third-order valence-electron chi connectivity index (χ3n) is 3.61. The second kappa shape index (κ2) is 6.97. The topological polar surface area (TPSA) is 61.9 Å². The Kier molecular flexibility index (Phi) is 5.03. The van der Waals surface area contributed by atoms with E-state index in [4.69, 9.17) is 4.74 Å². The zero-order valence-electron chi connectivity index (χ0n) is 12.5. The summed E-state index contributed by atoms with van der Waals surface area (Å²) in [6.45, 7) is 4.81. The first-order chi connectivity index (χ1) is 10.2. The highest BCUT2D eigenvalue weighted by Gasteiger charge is 2.17. The number of anilines is 2. The van der Waals surface area contributed by atoms with E-state index in [-0.39, 0.29) is 5.91 Å². The SMILES string of the molecule is CCC(=O)Nc1cc(N2CCN(C=O)CC2)ccc1OC. The zero-order valence-corrected chi connectivity index (χ0v) is 12.5. The summed E-state index contributed by atoms with van der Waals surface area (Å²) in [4.78, 5) is 26.3. The number of carbonyl (C=O) groups excluding carboxylic acids is 2. The highest BCUT2D eigenvalue weighted by atomic mass is 16.5. The predicted octanol–water partition coefficient (Wildman–Crippen LogP) is 1.32. The van der Waals surface area contributed by atoms with Crippen molar-refractivity contribution < 1.29 is 14.3 Å². The molecule has 0 saturated carbocycles. The lowest BCUT2D eigenvalue weighted by Crippen LogP contribution is -2.45. The van der Waals surface area contributed by atoms with Crippen LogP contribution in [0.3, 0.4) is 0 Å². The van der Waals surface area contributed by atoms with Crippen molar-refractivity contribution in [2.45, 2.75) is 13.3 Å². The van der Waals surface area contributed by atoms with E-state index in [9.17, 15) is 9.59 Å². The predicted molar refractivity (Wildman–Crippen MR) is 81.8 cm³/mol. The smallest absolute Gasteiger partial charge is 0.224 e. The van der Waals surface area contributed by atoms with E-state index in [1.54, 1.807) is 12.0 Å². The first kappa shape index (κ1) is 15.2. The average molecular weight is 291 g/mol. The van der Waals surface area contributed by atoms with Gasteiger partial charge in [0, 0.05) is 38.3 Å². The molecule has 0 bridgehead atoms. The van der Waals surface area contributed by atoms with Gasteiger partial charge in [-0.05, 0) is 18.2 Å². The van der Waals surface area contributed by atoms with Gasteiger partial charge in [0.1, 0.15) is 5.75 Å². The molecule has 1 heterocycles. The number of methoxy groups -OCH3 is 1. The summed E-state index contributed by atoms with van der Waals surface area (Å²) in [5.74, 6) is 0.600. The minimum atomic E-state index is -0.0452. The molecule has 6 nitrogen and oxygen atoms in total. The van der Waals surface area contributed by atoms with Crippen molar-refractivity contribution in [3.05, 3.63) is 18.2 Å². The molecule has 6 heteroatoms. The highest BCUT2D eigenvalue weighted by Crippen LogP contribution is 2.30. The summed E-state index contributed by atoms with van der Waals surface area (Å²) >= 11 is 0. The van der Waals surface area contributed by atoms with Crippen molar-refractivity contribution in [3.63, 3.8) is 0 Å². The van der Waals surface area contributed by atoms with Crippen LogP contribution in [0, 0.1) is 0 Å². The average Bonchev–Trinajstić information content (AvgIpc) is 2.54. The number of hydrogen-bond donors (Lipinski definition) is 1. The van der Waals surface area contributed by atoms with Gasteiger partial charge in [0.25, 0.3) is 0 Å². The maximum Gasteiger partial charge on any atom is 0.224 e. The van der Waals surface area contributed by atoms with E-state index < -0.39 is 0 Å². The van der Waals surface area contributed by atoms with Gasteiger partial charge in [-0.15, -0.1) is 0 Å². The number of piperazine rings is 1. The van der Waals surface area contributed by atoms with Crippen LogP contribution in [0.25, 0.3) is 0 Å². The fourth-order valence-electron chi connectivity index (χ4n) is 2.31. The van der Waals surface area contributed by atoms with Gasteiger partial charge in [0.15, 0.2) is 0 Å². The fraction of sp³-hybridized carbons (Fsp3) is 0.467. The molecule has 2 rings (SSSR count). The fourth-order valence-corrected chi connectivity index (χ4v) is 2.31. The molecular weight excluding hydrogens is 270 g/mol. The molecule has 0 atom stereocenters. The van der Waals surface area contributed by atoms with Gasteiger partial charge in [0.2, 0.25) is 12.3 Å². The highest BCUT2D eigenvalue weighted by molar-refractivity contribution is 5.92. The first-order valence-electron chi connectivity index (χ1n) is 7.10. The Bertz CT molecular complexity index is 511. The number of carbonyl (C=O) groups is 2. The van der Waals surface area contributed by atoms with Crippen LogP contribution in [-0.2, 0) is 9.59 Å². The van der Waals surface area contributed by atoms with E-state index in [0.29, 0.717) is 30.9 Å². The van der Waals surface area contributed by atoms with E-state index in [1.807, 2.05) is 25.1 Å². The summed E-state index contributed by atoms with van der Waals surface area (Å²) in [6.07, 6.45) is 1.31. The molecule has 0 aliphatic carbocycles. The Balaban J connectivity index is 2.15. The maximum atomic E-state index is 11.6. The Morgan fingerprint density at radius 3 is 2.62 bits per heavy atom. The maximum absolute atomic E-state index is 11.6.